The van der Waals surface area contributed by atoms with Gasteiger partial charge in [-0.15, -0.1) is 0 Å². The number of amides is 1. The molecule has 0 bridgehead atoms. The molecule has 0 spiro atoms. The normalized spacial score (nSPS) is 22.4. The van der Waals surface area contributed by atoms with Crippen molar-refractivity contribution in [3.63, 3.8) is 0 Å². The molecular formula is C18H22F3N5O. The minimum atomic E-state index is -4.76. The van der Waals surface area contributed by atoms with Crippen molar-refractivity contribution in [2.24, 2.45) is 11.3 Å². The second kappa shape index (κ2) is 6.94. The molecule has 3 rings (SSSR count). The van der Waals surface area contributed by atoms with E-state index < -0.39 is 23.3 Å². The highest BCUT2D eigenvalue weighted by molar-refractivity contribution is 5.95. The summed E-state index contributed by atoms with van der Waals surface area (Å²) in [5, 5.41) is 6.28. The third-order valence-corrected chi connectivity index (χ3v) is 4.71. The molecule has 1 fully saturated rings. The number of hydrogen-bond donors (Lipinski definition) is 1. The van der Waals surface area contributed by atoms with Gasteiger partial charge in [0.2, 0.25) is 5.95 Å². The van der Waals surface area contributed by atoms with E-state index in [0.29, 0.717) is 5.92 Å². The van der Waals surface area contributed by atoms with Crippen LogP contribution in [0, 0.1) is 11.3 Å². The first kappa shape index (κ1) is 19.3. The highest BCUT2D eigenvalue weighted by Crippen LogP contribution is 2.39. The number of carbonyl (C=O) groups excluding carboxylic acids is 1. The van der Waals surface area contributed by atoms with Crippen LogP contribution in [0.2, 0.25) is 0 Å². The molecule has 1 N–H and O–H groups in total. The van der Waals surface area contributed by atoms with E-state index in [1.165, 1.54) is 18.5 Å². The maximum Gasteiger partial charge on any atom is 0.435 e. The van der Waals surface area contributed by atoms with Crippen molar-refractivity contribution < 1.29 is 18.0 Å². The average molecular weight is 381 g/mol. The van der Waals surface area contributed by atoms with Gasteiger partial charge in [-0.1, -0.05) is 20.8 Å². The molecule has 2 atom stereocenters. The molecule has 27 heavy (non-hydrogen) atoms. The van der Waals surface area contributed by atoms with Crippen LogP contribution < -0.4 is 5.32 Å². The number of nitrogens with one attached hydrogen (secondary N) is 1. The lowest BCUT2D eigenvalue weighted by Crippen LogP contribution is -2.43. The Labute approximate surface area is 155 Å². The topological polar surface area (TPSA) is 72.7 Å². The molecule has 2 heterocycles. The third kappa shape index (κ3) is 4.45. The number of halogens is 3. The van der Waals surface area contributed by atoms with Crippen LogP contribution in [-0.4, -0.2) is 31.7 Å². The quantitative estimate of drug-likeness (QED) is 0.881. The molecule has 6 nitrogen and oxygen atoms in total. The number of hydrogen-bond acceptors (Lipinski definition) is 4. The van der Waals surface area contributed by atoms with E-state index in [1.807, 2.05) is 0 Å². The van der Waals surface area contributed by atoms with Gasteiger partial charge in [-0.05, 0) is 36.7 Å². The molecule has 0 radical (unpaired) electrons. The largest absolute Gasteiger partial charge is 0.435 e. The smallest absolute Gasteiger partial charge is 0.349 e. The van der Waals surface area contributed by atoms with Gasteiger partial charge >= 0.3 is 6.18 Å². The van der Waals surface area contributed by atoms with E-state index in [-0.39, 0.29) is 17.4 Å². The summed E-state index contributed by atoms with van der Waals surface area (Å²) in [5.41, 5.74) is -1.73. The summed E-state index contributed by atoms with van der Waals surface area (Å²) in [4.78, 5) is 20.4. The molecule has 1 saturated carbocycles. The van der Waals surface area contributed by atoms with E-state index in [0.717, 1.165) is 30.1 Å². The van der Waals surface area contributed by atoms with Crippen LogP contribution in [0.25, 0.3) is 5.95 Å². The molecule has 0 saturated heterocycles. The average Bonchev–Trinajstić information content (AvgIpc) is 2.99. The molecule has 1 amide bonds. The van der Waals surface area contributed by atoms with Crippen molar-refractivity contribution in [2.75, 3.05) is 0 Å². The van der Waals surface area contributed by atoms with Crippen LogP contribution in [0.3, 0.4) is 0 Å². The van der Waals surface area contributed by atoms with Crippen LogP contribution in [0.15, 0.2) is 24.7 Å². The van der Waals surface area contributed by atoms with Crippen LogP contribution in [0.1, 0.15) is 56.1 Å². The summed E-state index contributed by atoms with van der Waals surface area (Å²) < 4.78 is 41.1. The number of rotatable bonds is 3. The SMILES string of the molecule is CC1CC(NC(=O)c2cn(-c3ncccn3)nc2C(F)(F)F)CC(C)(C)C1. The number of aromatic nitrogens is 4. The van der Waals surface area contributed by atoms with E-state index in [2.05, 4.69) is 41.2 Å². The van der Waals surface area contributed by atoms with Gasteiger partial charge in [0.1, 0.15) is 0 Å². The highest BCUT2D eigenvalue weighted by atomic mass is 19.4. The summed E-state index contributed by atoms with van der Waals surface area (Å²) in [6.07, 6.45) is 1.55. The maximum absolute atomic E-state index is 13.4. The minimum Gasteiger partial charge on any atom is -0.349 e. The van der Waals surface area contributed by atoms with Crippen molar-refractivity contribution in [3.05, 3.63) is 35.9 Å². The zero-order valence-corrected chi connectivity index (χ0v) is 15.4. The fourth-order valence-corrected chi connectivity index (χ4v) is 3.98. The Bertz CT molecular complexity index is 816. The summed E-state index contributed by atoms with van der Waals surface area (Å²) in [7, 11) is 0. The standard InChI is InChI=1S/C18H22F3N5O/c1-11-7-12(9-17(2,3)8-11)24-15(27)13-10-26(16-22-5-4-6-23-16)25-14(13)18(19,20)21/h4-6,10-12H,7-9H2,1-3H3,(H,24,27). The summed E-state index contributed by atoms with van der Waals surface area (Å²) in [6, 6.07) is 1.37. The monoisotopic (exact) mass is 381 g/mol. The molecular weight excluding hydrogens is 359 g/mol. The zero-order valence-electron chi connectivity index (χ0n) is 15.4. The van der Waals surface area contributed by atoms with Gasteiger partial charge in [0.05, 0.1) is 5.56 Å². The summed E-state index contributed by atoms with van der Waals surface area (Å²) in [5.74, 6) is -0.421. The van der Waals surface area contributed by atoms with Crippen molar-refractivity contribution in [2.45, 2.75) is 52.3 Å². The summed E-state index contributed by atoms with van der Waals surface area (Å²) >= 11 is 0. The van der Waals surface area contributed by atoms with Gasteiger partial charge in [0, 0.05) is 24.6 Å². The van der Waals surface area contributed by atoms with Crippen molar-refractivity contribution in [1.82, 2.24) is 25.1 Å². The first-order valence-corrected chi connectivity index (χ1v) is 8.80. The van der Waals surface area contributed by atoms with Crippen molar-refractivity contribution in [3.8, 4) is 5.95 Å². The fourth-order valence-electron chi connectivity index (χ4n) is 3.98. The van der Waals surface area contributed by atoms with Gasteiger partial charge in [0.25, 0.3) is 5.91 Å². The Morgan fingerprint density at radius 3 is 2.52 bits per heavy atom. The minimum absolute atomic E-state index is 0.0323. The molecule has 0 aromatic carbocycles. The molecule has 2 aromatic rings. The lowest BCUT2D eigenvalue weighted by molar-refractivity contribution is -0.141. The molecule has 146 valence electrons. The Hall–Kier alpha value is -2.45. The molecule has 2 aromatic heterocycles. The fraction of sp³-hybridized carbons (Fsp3) is 0.556. The van der Waals surface area contributed by atoms with Gasteiger partial charge in [-0.25, -0.2) is 14.6 Å². The predicted molar refractivity (Wildman–Crippen MR) is 92.2 cm³/mol. The van der Waals surface area contributed by atoms with Gasteiger partial charge < -0.3 is 5.32 Å². The maximum atomic E-state index is 13.4. The third-order valence-electron chi connectivity index (χ3n) is 4.71. The number of carbonyl (C=O) groups is 1. The van der Waals surface area contributed by atoms with Crippen LogP contribution >= 0.6 is 0 Å². The molecule has 1 aliphatic carbocycles. The highest BCUT2D eigenvalue weighted by Gasteiger charge is 2.40. The Balaban J connectivity index is 1.88. The molecule has 2 unspecified atom stereocenters. The van der Waals surface area contributed by atoms with Crippen molar-refractivity contribution in [1.29, 1.82) is 0 Å². The van der Waals surface area contributed by atoms with E-state index in [4.69, 9.17) is 0 Å². The van der Waals surface area contributed by atoms with Gasteiger partial charge in [0.15, 0.2) is 5.69 Å². The second-order valence-corrected chi connectivity index (χ2v) is 7.97. The molecule has 1 aliphatic rings. The first-order chi connectivity index (χ1) is 12.5. The lowest BCUT2D eigenvalue weighted by atomic mass is 9.70. The van der Waals surface area contributed by atoms with E-state index in [1.54, 1.807) is 0 Å². The Morgan fingerprint density at radius 1 is 1.26 bits per heavy atom. The van der Waals surface area contributed by atoms with E-state index >= 15 is 0 Å². The van der Waals surface area contributed by atoms with Crippen LogP contribution in [0.5, 0.6) is 0 Å². The summed E-state index contributed by atoms with van der Waals surface area (Å²) in [6.45, 7) is 6.30. The number of alkyl halides is 3. The van der Waals surface area contributed by atoms with Crippen LogP contribution in [0.4, 0.5) is 13.2 Å². The Morgan fingerprint density at radius 2 is 1.93 bits per heavy atom. The molecule has 0 aliphatic heterocycles. The molecule has 9 heteroatoms. The second-order valence-electron chi connectivity index (χ2n) is 7.97. The van der Waals surface area contributed by atoms with Gasteiger partial charge in [-0.3, -0.25) is 4.79 Å². The van der Waals surface area contributed by atoms with Crippen LogP contribution in [-0.2, 0) is 6.18 Å². The number of nitrogens with zero attached hydrogens (tertiary/aromatic N) is 4. The van der Waals surface area contributed by atoms with Crippen molar-refractivity contribution >= 4 is 5.91 Å². The zero-order chi connectivity index (χ0) is 19.8. The predicted octanol–water partition coefficient (Wildman–Crippen LogP) is 3.63. The lowest BCUT2D eigenvalue weighted by Gasteiger charge is -2.39. The van der Waals surface area contributed by atoms with Gasteiger partial charge in [-0.2, -0.15) is 18.3 Å². The van der Waals surface area contributed by atoms with E-state index in [9.17, 15) is 18.0 Å². The Kier molecular flexibility index (Phi) is 4.96. The first-order valence-electron chi connectivity index (χ1n) is 8.80.